The number of nitrogens with zero attached hydrogens (tertiary/aromatic N) is 7. The third-order valence-electron chi connectivity index (χ3n) is 5.31. The van der Waals surface area contributed by atoms with Gasteiger partial charge in [0.05, 0.1) is 18.1 Å². The summed E-state index contributed by atoms with van der Waals surface area (Å²) in [5.41, 5.74) is 2.67. The zero-order valence-corrected chi connectivity index (χ0v) is 17.8. The molecule has 4 aromatic rings. The molecule has 2 N–H and O–H groups in total. The lowest BCUT2D eigenvalue weighted by Crippen LogP contribution is -2.39. The van der Waals surface area contributed by atoms with Gasteiger partial charge >= 0.3 is 0 Å². The van der Waals surface area contributed by atoms with E-state index in [9.17, 15) is 0 Å². The summed E-state index contributed by atoms with van der Waals surface area (Å²) >= 11 is 6.36. The molecule has 9 nitrogen and oxygen atoms in total. The number of aromatic nitrogens is 6. The molecule has 0 radical (unpaired) electrons. The third kappa shape index (κ3) is 4.36. The van der Waals surface area contributed by atoms with Gasteiger partial charge in [-0.25, -0.2) is 19.5 Å². The topological polar surface area (TPSA) is 96.2 Å². The second-order valence-electron chi connectivity index (χ2n) is 7.59. The van der Waals surface area contributed by atoms with Crippen LogP contribution in [0.2, 0.25) is 5.02 Å². The van der Waals surface area contributed by atoms with Crippen LogP contribution in [0.4, 0.5) is 23.3 Å². The van der Waals surface area contributed by atoms with Crippen LogP contribution in [0.15, 0.2) is 49.2 Å². The van der Waals surface area contributed by atoms with Gasteiger partial charge in [0.15, 0.2) is 11.5 Å². The van der Waals surface area contributed by atoms with E-state index in [-0.39, 0.29) is 6.04 Å². The second kappa shape index (κ2) is 8.35. The monoisotopic (exact) mass is 435 g/mol. The molecule has 0 unspecified atom stereocenters. The highest BCUT2D eigenvalue weighted by atomic mass is 35.5. The molecule has 10 heteroatoms. The summed E-state index contributed by atoms with van der Waals surface area (Å²) in [5.74, 6) is 2.10. The van der Waals surface area contributed by atoms with Crippen LogP contribution in [0, 0.1) is 6.92 Å². The molecule has 1 aliphatic rings. The van der Waals surface area contributed by atoms with Gasteiger partial charge < -0.3 is 15.5 Å². The molecular weight excluding hydrogens is 414 g/mol. The molecule has 0 bridgehead atoms. The fourth-order valence-electron chi connectivity index (χ4n) is 3.63. The van der Waals surface area contributed by atoms with Crippen LogP contribution >= 0.6 is 11.6 Å². The second-order valence-corrected chi connectivity index (χ2v) is 8.00. The molecule has 158 valence electrons. The standard InChI is InChI=1S/C21H22ClN9/c1-14-2-3-18(24-11-14)30-7-4-15(5-8-30)27-20-17(22)13-25-21(29-20)28-16-10-19-23-6-9-31(19)26-12-16/h2-3,6,9-13,15H,4-5,7-8H2,1H3,(H2,25,27,28,29). The minimum atomic E-state index is 0.282. The maximum Gasteiger partial charge on any atom is 0.229 e. The Morgan fingerprint density at radius 3 is 2.74 bits per heavy atom. The van der Waals surface area contributed by atoms with E-state index in [1.807, 2.05) is 19.2 Å². The molecule has 5 rings (SSSR count). The number of pyridine rings is 1. The molecule has 1 fully saturated rings. The summed E-state index contributed by atoms with van der Waals surface area (Å²) in [6.45, 7) is 3.91. The summed E-state index contributed by atoms with van der Waals surface area (Å²) in [6, 6.07) is 6.34. The number of piperidine rings is 1. The van der Waals surface area contributed by atoms with Crippen molar-refractivity contribution < 1.29 is 0 Å². The first-order valence-electron chi connectivity index (χ1n) is 10.2. The normalized spacial score (nSPS) is 14.7. The quantitative estimate of drug-likeness (QED) is 0.490. The van der Waals surface area contributed by atoms with Gasteiger partial charge in [0.1, 0.15) is 10.8 Å². The number of aryl methyl sites for hydroxylation is 1. The van der Waals surface area contributed by atoms with Crippen molar-refractivity contribution in [3.63, 3.8) is 0 Å². The Kier molecular flexibility index (Phi) is 5.25. The van der Waals surface area contributed by atoms with Gasteiger partial charge in [0, 0.05) is 43.8 Å². The van der Waals surface area contributed by atoms with E-state index >= 15 is 0 Å². The van der Waals surface area contributed by atoms with Crippen LogP contribution in [-0.4, -0.2) is 48.7 Å². The van der Waals surface area contributed by atoms with Crippen molar-refractivity contribution in [3.05, 3.63) is 59.8 Å². The molecule has 5 heterocycles. The van der Waals surface area contributed by atoms with Gasteiger partial charge in [-0.1, -0.05) is 17.7 Å². The summed E-state index contributed by atoms with van der Waals surface area (Å²) in [5, 5.41) is 11.4. The minimum absolute atomic E-state index is 0.282. The number of anilines is 4. The SMILES string of the molecule is Cc1ccc(N2CCC(Nc3nc(Nc4cnn5ccnc5c4)ncc3Cl)CC2)nc1. The van der Waals surface area contributed by atoms with Crippen LogP contribution in [0.1, 0.15) is 18.4 Å². The molecule has 0 spiro atoms. The first-order valence-corrected chi connectivity index (χ1v) is 10.5. The number of hydrogen-bond donors (Lipinski definition) is 2. The smallest absolute Gasteiger partial charge is 0.229 e. The van der Waals surface area contributed by atoms with E-state index in [2.05, 4.69) is 52.7 Å². The van der Waals surface area contributed by atoms with Crippen molar-refractivity contribution in [2.75, 3.05) is 28.6 Å². The van der Waals surface area contributed by atoms with Gasteiger partial charge in [-0.05, 0) is 31.4 Å². The summed E-state index contributed by atoms with van der Waals surface area (Å²) in [7, 11) is 0. The largest absolute Gasteiger partial charge is 0.366 e. The molecule has 0 aromatic carbocycles. The van der Waals surface area contributed by atoms with Crippen LogP contribution in [0.25, 0.3) is 5.65 Å². The fourth-order valence-corrected chi connectivity index (χ4v) is 3.78. The summed E-state index contributed by atoms with van der Waals surface area (Å²) < 4.78 is 1.69. The Hall–Kier alpha value is -3.46. The van der Waals surface area contributed by atoms with Crippen LogP contribution in [-0.2, 0) is 0 Å². The zero-order valence-electron chi connectivity index (χ0n) is 17.0. The van der Waals surface area contributed by atoms with Gasteiger partial charge in [-0.15, -0.1) is 0 Å². The van der Waals surface area contributed by atoms with Crippen LogP contribution in [0.3, 0.4) is 0 Å². The van der Waals surface area contributed by atoms with E-state index in [1.54, 1.807) is 29.3 Å². The molecule has 1 aliphatic heterocycles. The van der Waals surface area contributed by atoms with E-state index in [4.69, 9.17) is 11.6 Å². The molecular formula is C21H22ClN9. The highest BCUT2D eigenvalue weighted by Crippen LogP contribution is 2.25. The lowest BCUT2D eigenvalue weighted by atomic mass is 10.0. The minimum Gasteiger partial charge on any atom is -0.366 e. The van der Waals surface area contributed by atoms with Crippen molar-refractivity contribution >= 4 is 40.5 Å². The maximum absolute atomic E-state index is 6.36. The maximum atomic E-state index is 6.36. The van der Waals surface area contributed by atoms with E-state index < -0.39 is 0 Å². The predicted molar refractivity (Wildman–Crippen MR) is 121 cm³/mol. The van der Waals surface area contributed by atoms with Gasteiger partial charge in [0.25, 0.3) is 0 Å². The van der Waals surface area contributed by atoms with Crippen molar-refractivity contribution in [1.29, 1.82) is 0 Å². The molecule has 1 saturated heterocycles. The Bertz CT molecular complexity index is 1180. The predicted octanol–water partition coefficient (Wildman–Crippen LogP) is 3.70. The molecule has 0 saturated carbocycles. The molecule has 0 amide bonds. The summed E-state index contributed by atoms with van der Waals surface area (Å²) in [4.78, 5) is 19.9. The van der Waals surface area contributed by atoms with E-state index in [0.717, 1.165) is 43.1 Å². The van der Waals surface area contributed by atoms with Gasteiger partial charge in [-0.2, -0.15) is 10.1 Å². The van der Waals surface area contributed by atoms with Crippen LogP contribution < -0.4 is 15.5 Å². The molecule has 0 atom stereocenters. The van der Waals surface area contributed by atoms with Crippen molar-refractivity contribution in [3.8, 4) is 0 Å². The third-order valence-corrected chi connectivity index (χ3v) is 5.59. The van der Waals surface area contributed by atoms with Crippen molar-refractivity contribution in [2.24, 2.45) is 0 Å². The molecule has 31 heavy (non-hydrogen) atoms. The summed E-state index contributed by atoms with van der Waals surface area (Å²) in [6.07, 6.45) is 10.7. The lowest BCUT2D eigenvalue weighted by Gasteiger charge is -2.33. The number of hydrogen-bond acceptors (Lipinski definition) is 8. The lowest BCUT2D eigenvalue weighted by molar-refractivity contribution is 0.522. The first-order chi connectivity index (χ1) is 15.1. The average molecular weight is 436 g/mol. The van der Waals surface area contributed by atoms with Gasteiger partial charge in [-0.3, -0.25) is 0 Å². The first kappa shape index (κ1) is 19.5. The highest BCUT2D eigenvalue weighted by molar-refractivity contribution is 6.32. The van der Waals surface area contributed by atoms with E-state index in [1.165, 1.54) is 5.56 Å². The Balaban J connectivity index is 1.24. The average Bonchev–Trinajstić information content (AvgIpc) is 3.25. The Morgan fingerprint density at radius 1 is 1.06 bits per heavy atom. The van der Waals surface area contributed by atoms with Crippen LogP contribution in [0.5, 0.6) is 0 Å². The Labute approximate surface area is 184 Å². The van der Waals surface area contributed by atoms with Crippen molar-refractivity contribution in [2.45, 2.75) is 25.8 Å². The molecule has 4 aromatic heterocycles. The van der Waals surface area contributed by atoms with Gasteiger partial charge in [0.2, 0.25) is 5.95 Å². The van der Waals surface area contributed by atoms with Crippen molar-refractivity contribution in [1.82, 2.24) is 29.5 Å². The number of rotatable bonds is 5. The zero-order chi connectivity index (χ0) is 21.2. The highest BCUT2D eigenvalue weighted by Gasteiger charge is 2.21. The number of imidazole rings is 1. The fraction of sp³-hybridized carbons (Fsp3) is 0.286. The Morgan fingerprint density at radius 2 is 1.94 bits per heavy atom. The number of nitrogens with one attached hydrogen (secondary N) is 2. The molecule has 0 aliphatic carbocycles. The number of fused-ring (bicyclic) bond motifs is 1. The number of halogens is 1. The van der Waals surface area contributed by atoms with E-state index in [0.29, 0.717) is 16.8 Å².